The average Bonchev–Trinajstić information content (AvgIpc) is 3.74. The van der Waals surface area contributed by atoms with Gasteiger partial charge in [-0.05, 0) is 49.3 Å². The first-order valence-corrected chi connectivity index (χ1v) is 19.2. The zero-order valence-corrected chi connectivity index (χ0v) is 29.4. The predicted octanol–water partition coefficient (Wildman–Crippen LogP) is 10.6. The van der Waals surface area contributed by atoms with Crippen LogP contribution in [0, 0.1) is 0 Å². The number of thiocarbonyl (C=S) groups is 2. The molecule has 0 aromatic carbocycles. The smallest absolute Gasteiger partial charge is 0.266 e. The second-order valence-corrected chi connectivity index (χ2v) is 16.2. The van der Waals surface area contributed by atoms with Gasteiger partial charge in [-0.25, -0.2) is 0 Å². The van der Waals surface area contributed by atoms with Crippen LogP contribution in [0.4, 0.5) is 0 Å². The fraction of sp³-hybridized carbons (Fsp3) is 0.500. The summed E-state index contributed by atoms with van der Waals surface area (Å²) < 4.78 is 1.33. The van der Waals surface area contributed by atoms with Gasteiger partial charge in [-0.3, -0.25) is 19.4 Å². The minimum Gasteiger partial charge on any atom is -0.293 e. The molecule has 2 amide bonds. The first kappa shape index (κ1) is 33.6. The van der Waals surface area contributed by atoms with Crippen LogP contribution >= 0.6 is 70.6 Å². The summed E-state index contributed by atoms with van der Waals surface area (Å²) in [6, 6.07) is 8.33. The SMILES string of the molecule is CCCCCCCCN1C(=O)/C(=C/c2ccc(-c3ccc(/C=C4\SC(=S)N(CCCCCCCC)C4=O)s3)s2)SC1=S. The summed E-state index contributed by atoms with van der Waals surface area (Å²) in [5.74, 6) is 0.0569. The molecule has 4 nitrogen and oxygen atoms in total. The number of rotatable bonds is 17. The molecule has 0 aliphatic carbocycles. The predicted molar refractivity (Wildman–Crippen MR) is 194 cm³/mol. The Hall–Kier alpha value is -1.30. The quantitative estimate of drug-likeness (QED) is 0.0944. The molecule has 42 heavy (non-hydrogen) atoms. The highest BCUT2D eigenvalue weighted by Crippen LogP contribution is 2.39. The fourth-order valence-corrected chi connectivity index (χ4v) is 9.61. The molecular weight excluding hydrogens is 637 g/mol. The van der Waals surface area contributed by atoms with E-state index in [-0.39, 0.29) is 11.8 Å². The number of nitrogens with zero attached hydrogens (tertiary/aromatic N) is 2. The molecule has 4 heterocycles. The molecule has 0 atom stereocenters. The zero-order chi connectivity index (χ0) is 29.9. The van der Waals surface area contributed by atoms with Gasteiger partial charge >= 0.3 is 0 Å². The van der Waals surface area contributed by atoms with Crippen molar-refractivity contribution < 1.29 is 9.59 Å². The molecule has 0 spiro atoms. The number of carbonyl (C=O) groups excluding carboxylic acids is 2. The normalized spacial score (nSPS) is 17.7. The number of unbranched alkanes of at least 4 members (excludes halogenated alkanes) is 10. The van der Waals surface area contributed by atoms with Gasteiger partial charge in [0, 0.05) is 32.6 Å². The molecule has 0 N–H and O–H groups in total. The Morgan fingerprint density at radius 2 is 0.976 bits per heavy atom. The van der Waals surface area contributed by atoms with Crippen LogP contribution in [0.15, 0.2) is 34.1 Å². The second kappa shape index (κ2) is 17.3. The van der Waals surface area contributed by atoms with Crippen LogP contribution < -0.4 is 0 Å². The summed E-state index contributed by atoms with van der Waals surface area (Å²) in [5, 5.41) is 0. The van der Waals surface area contributed by atoms with Crippen molar-refractivity contribution in [2.24, 2.45) is 0 Å². The van der Waals surface area contributed by atoms with E-state index in [0.717, 1.165) is 45.2 Å². The molecule has 226 valence electrons. The Bertz CT molecular complexity index is 1220. The van der Waals surface area contributed by atoms with Gasteiger partial charge in [0.1, 0.15) is 8.64 Å². The largest absolute Gasteiger partial charge is 0.293 e. The van der Waals surface area contributed by atoms with E-state index in [1.807, 2.05) is 12.2 Å². The first-order chi connectivity index (χ1) is 20.4. The maximum Gasteiger partial charge on any atom is 0.266 e. The summed E-state index contributed by atoms with van der Waals surface area (Å²) in [4.78, 5) is 35.3. The van der Waals surface area contributed by atoms with E-state index in [1.54, 1.807) is 32.5 Å². The average molecular weight is 677 g/mol. The Morgan fingerprint density at radius 1 is 0.595 bits per heavy atom. The third-order valence-electron chi connectivity index (χ3n) is 7.26. The van der Waals surface area contributed by atoms with Crippen molar-refractivity contribution in [1.82, 2.24) is 9.80 Å². The van der Waals surface area contributed by atoms with E-state index in [4.69, 9.17) is 24.4 Å². The van der Waals surface area contributed by atoms with Gasteiger partial charge < -0.3 is 0 Å². The van der Waals surface area contributed by atoms with E-state index in [2.05, 4.69) is 38.1 Å². The Morgan fingerprint density at radius 3 is 1.38 bits per heavy atom. The lowest BCUT2D eigenvalue weighted by atomic mass is 10.1. The van der Waals surface area contributed by atoms with Gasteiger partial charge in [0.15, 0.2) is 0 Å². The first-order valence-electron chi connectivity index (χ1n) is 15.1. The van der Waals surface area contributed by atoms with Crippen molar-refractivity contribution in [2.75, 3.05) is 13.1 Å². The summed E-state index contributed by atoms with van der Waals surface area (Å²) in [6.45, 7) is 5.86. The lowest BCUT2D eigenvalue weighted by Crippen LogP contribution is -2.28. The van der Waals surface area contributed by atoms with Gasteiger partial charge in [0.2, 0.25) is 0 Å². The zero-order valence-electron chi connectivity index (χ0n) is 24.5. The van der Waals surface area contributed by atoms with E-state index in [1.165, 1.54) is 74.9 Å². The molecule has 2 aliphatic rings. The van der Waals surface area contributed by atoms with Gasteiger partial charge in [-0.15, -0.1) is 22.7 Å². The number of amides is 2. The van der Waals surface area contributed by atoms with E-state index < -0.39 is 0 Å². The third-order valence-corrected chi connectivity index (χ3v) is 12.3. The van der Waals surface area contributed by atoms with Gasteiger partial charge in [-0.2, -0.15) is 0 Å². The van der Waals surface area contributed by atoms with E-state index >= 15 is 0 Å². The molecule has 2 aliphatic heterocycles. The van der Waals surface area contributed by atoms with E-state index in [9.17, 15) is 9.59 Å². The number of thioether (sulfide) groups is 2. The van der Waals surface area contributed by atoms with Crippen LogP contribution in [0.1, 0.15) is 101 Å². The van der Waals surface area contributed by atoms with Crippen molar-refractivity contribution in [3.63, 3.8) is 0 Å². The highest BCUT2D eigenvalue weighted by Gasteiger charge is 2.32. The van der Waals surface area contributed by atoms with Crippen molar-refractivity contribution in [2.45, 2.75) is 90.9 Å². The van der Waals surface area contributed by atoms with Crippen LogP contribution in [-0.2, 0) is 9.59 Å². The Balaban J connectivity index is 1.31. The highest BCUT2D eigenvalue weighted by molar-refractivity contribution is 8.27. The van der Waals surface area contributed by atoms with Crippen LogP contribution in [0.5, 0.6) is 0 Å². The second-order valence-electron chi connectivity index (χ2n) is 10.6. The van der Waals surface area contributed by atoms with Gasteiger partial charge in [-0.1, -0.05) is 126 Å². The Labute approximate surface area is 278 Å². The molecule has 2 aromatic heterocycles. The molecular formula is C32H40N2O2S6. The molecule has 2 aromatic rings. The molecule has 2 fully saturated rings. The Kier molecular flexibility index (Phi) is 13.8. The number of hydrogen-bond donors (Lipinski definition) is 0. The summed E-state index contributed by atoms with van der Waals surface area (Å²) in [7, 11) is 0. The topological polar surface area (TPSA) is 40.6 Å². The van der Waals surface area contributed by atoms with Crippen LogP contribution in [-0.4, -0.2) is 43.3 Å². The molecule has 0 bridgehead atoms. The molecule has 4 rings (SSSR count). The molecule has 0 saturated carbocycles. The number of carbonyl (C=O) groups is 2. The monoisotopic (exact) mass is 676 g/mol. The number of hydrogen-bond acceptors (Lipinski definition) is 8. The number of thiophene rings is 2. The van der Waals surface area contributed by atoms with Gasteiger partial charge in [0.05, 0.1) is 9.81 Å². The van der Waals surface area contributed by atoms with Gasteiger partial charge in [0.25, 0.3) is 11.8 Å². The maximum atomic E-state index is 13.0. The molecule has 0 unspecified atom stereocenters. The van der Waals surface area contributed by atoms with Crippen LogP contribution in [0.2, 0.25) is 0 Å². The minimum atomic E-state index is 0.0284. The lowest BCUT2D eigenvalue weighted by molar-refractivity contribution is -0.123. The fourth-order valence-electron chi connectivity index (χ4n) is 4.87. The molecule has 10 heteroatoms. The van der Waals surface area contributed by atoms with Crippen molar-refractivity contribution in [3.8, 4) is 9.75 Å². The summed E-state index contributed by atoms with van der Waals surface area (Å²) >= 11 is 17.2. The van der Waals surface area contributed by atoms with E-state index in [0.29, 0.717) is 31.5 Å². The van der Waals surface area contributed by atoms with Crippen molar-refractivity contribution in [3.05, 3.63) is 43.8 Å². The van der Waals surface area contributed by atoms with Crippen molar-refractivity contribution >= 4 is 103 Å². The van der Waals surface area contributed by atoms with Crippen LogP contribution in [0.25, 0.3) is 21.9 Å². The van der Waals surface area contributed by atoms with Crippen LogP contribution in [0.3, 0.4) is 0 Å². The molecule has 2 saturated heterocycles. The summed E-state index contributed by atoms with van der Waals surface area (Å²) in [6.07, 6.45) is 18.2. The van der Waals surface area contributed by atoms with Crippen molar-refractivity contribution in [1.29, 1.82) is 0 Å². The summed E-state index contributed by atoms with van der Waals surface area (Å²) in [5.41, 5.74) is 0. The minimum absolute atomic E-state index is 0.0284. The maximum absolute atomic E-state index is 13.0. The molecule has 0 radical (unpaired) electrons. The lowest BCUT2D eigenvalue weighted by Gasteiger charge is -2.13. The third kappa shape index (κ3) is 9.35. The standard InChI is InChI=1S/C32H40N2O2S6/c1-3-5-7-9-11-13-19-33-29(35)27(41-31(33)37)21-23-15-17-25(39-23)26-18-16-24(40-26)22-28-30(36)34(32(38)42-28)20-14-12-10-8-6-4-2/h15-18,21-22H,3-14,19-20H2,1-2H3/b27-21-,28-22-. The highest BCUT2D eigenvalue weighted by atomic mass is 32.2.